The van der Waals surface area contributed by atoms with Gasteiger partial charge in [0.25, 0.3) is 5.91 Å². The molecular formula is C19H20F3N3O2S. The Bertz CT molecular complexity index is 887. The zero-order valence-corrected chi connectivity index (χ0v) is 16.4. The largest absolute Gasteiger partial charge is 0.468 e. The van der Waals surface area contributed by atoms with Gasteiger partial charge in [-0.1, -0.05) is 26.8 Å². The summed E-state index contributed by atoms with van der Waals surface area (Å²) in [6.45, 7) is 4.43. The van der Waals surface area contributed by atoms with E-state index in [4.69, 9.17) is 4.74 Å². The Balaban J connectivity index is 1.83. The number of carbonyl (C=O) groups is 1. The van der Waals surface area contributed by atoms with E-state index in [1.165, 1.54) is 17.4 Å². The Hall–Kier alpha value is -2.42. The molecule has 150 valence electrons. The summed E-state index contributed by atoms with van der Waals surface area (Å²) in [4.78, 5) is 21.1. The molecule has 2 aromatic heterocycles. The predicted molar refractivity (Wildman–Crippen MR) is 100 cm³/mol. The van der Waals surface area contributed by atoms with Crippen LogP contribution in [0, 0.1) is 5.41 Å². The Morgan fingerprint density at radius 1 is 1.32 bits per heavy atom. The molecule has 5 nitrogen and oxygen atoms in total. The van der Waals surface area contributed by atoms with Crippen LogP contribution in [0.3, 0.4) is 0 Å². The van der Waals surface area contributed by atoms with Crippen molar-refractivity contribution in [3.8, 4) is 5.88 Å². The standard InChI is InChI=1S/C19H20F3N3O2S/c1-18(2,3)14(17-23-8-9-28-17)25-15(26)13-7-6-12(11-4-5-11)16(24-13)27-10-19(20,21)22/h4,6-9,14H,5,10H2,1-3H3,(H,25,26). The van der Waals surface area contributed by atoms with E-state index in [0.29, 0.717) is 12.0 Å². The minimum Gasteiger partial charge on any atom is -0.468 e. The molecular weight excluding hydrogens is 391 g/mol. The molecule has 28 heavy (non-hydrogen) atoms. The van der Waals surface area contributed by atoms with Crippen LogP contribution in [0.15, 0.2) is 29.8 Å². The van der Waals surface area contributed by atoms with Crippen LogP contribution in [0.25, 0.3) is 5.57 Å². The number of alkyl halides is 3. The summed E-state index contributed by atoms with van der Waals surface area (Å²) in [6, 6.07) is 2.69. The number of hydrogen-bond acceptors (Lipinski definition) is 5. The molecule has 0 spiro atoms. The van der Waals surface area contributed by atoms with Crippen molar-refractivity contribution >= 4 is 22.8 Å². The van der Waals surface area contributed by atoms with Crippen molar-refractivity contribution < 1.29 is 22.7 Å². The number of rotatable bonds is 6. The average Bonchev–Trinajstić information content (AvgIpc) is 3.30. The monoisotopic (exact) mass is 411 g/mol. The number of hydrogen-bond donors (Lipinski definition) is 1. The summed E-state index contributed by atoms with van der Waals surface area (Å²) < 4.78 is 42.5. The molecule has 9 heteroatoms. The molecule has 0 aromatic carbocycles. The molecule has 1 aliphatic carbocycles. The smallest absolute Gasteiger partial charge is 0.422 e. The summed E-state index contributed by atoms with van der Waals surface area (Å²) in [6.07, 6.45) is -0.303. The molecule has 0 bridgehead atoms. The fraction of sp³-hybridized carbons (Fsp3) is 0.421. The lowest BCUT2D eigenvalue weighted by Crippen LogP contribution is -2.37. The lowest BCUT2D eigenvalue weighted by molar-refractivity contribution is -0.154. The van der Waals surface area contributed by atoms with Crippen LogP contribution in [0.5, 0.6) is 5.88 Å². The van der Waals surface area contributed by atoms with E-state index >= 15 is 0 Å². The normalized spacial score (nSPS) is 15.0. The second-order valence-electron chi connectivity index (χ2n) is 7.53. The van der Waals surface area contributed by atoms with Crippen LogP contribution >= 0.6 is 11.3 Å². The van der Waals surface area contributed by atoms with Crippen molar-refractivity contribution in [2.24, 2.45) is 5.41 Å². The number of pyridine rings is 1. The molecule has 1 amide bonds. The Kier molecular flexibility index (Phi) is 5.47. The van der Waals surface area contributed by atoms with Gasteiger partial charge in [-0.25, -0.2) is 9.97 Å². The first-order chi connectivity index (χ1) is 13.0. The molecule has 2 aromatic rings. The minimum atomic E-state index is -4.49. The van der Waals surface area contributed by atoms with Gasteiger partial charge in [-0.3, -0.25) is 4.79 Å². The van der Waals surface area contributed by atoms with Gasteiger partial charge in [-0.2, -0.15) is 13.2 Å². The highest BCUT2D eigenvalue weighted by atomic mass is 32.1. The molecule has 0 fully saturated rings. The van der Waals surface area contributed by atoms with Crippen LogP contribution in [0.4, 0.5) is 13.2 Å². The second-order valence-corrected chi connectivity index (χ2v) is 8.46. The molecule has 0 saturated heterocycles. The van der Waals surface area contributed by atoms with Crippen molar-refractivity contribution in [1.82, 2.24) is 15.3 Å². The van der Waals surface area contributed by atoms with E-state index in [1.54, 1.807) is 12.3 Å². The maximum Gasteiger partial charge on any atom is 0.422 e. The zero-order valence-electron chi connectivity index (χ0n) is 15.6. The van der Waals surface area contributed by atoms with Crippen LogP contribution in [0.2, 0.25) is 0 Å². The second kappa shape index (κ2) is 7.54. The molecule has 1 atom stereocenters. The van der Waals surface area contributed by atoms with Gasteiger partial charge < -0.3 is 10.1 Å². The summed E-state index contributed by atoms with van der Waals surface area (Å²) in [5.74, 6) is -0.682. The number of aromatic nitrogens is 2. The number of halogens is 3. The lowest BCUT2D eigenvalue weighted by Gasteiger charge is -2.29. The molecule has 1 unspecified atom stereocenters. The van der Waals surface area contributed by atoms with Crippen LogP contribution in [-0.4, -0.2) is 28.7 Å². The van der Waals surface area contributed by atoms with Crippen LogP contribution in [-0.2, 0) is 0 Å². The Morgan fingerprint density at radius 2 is 2.04 bits per heavy atom. The van der Waals surface area contributed by atoms with Crippen LogP contribution in [0.1, 0.15) is 54.3 Å². The molecule has 0 saturated carbocycles. The fourth-order valence-corrected chi connectivity index (χ4v) is 3.50. The average molecular weight is 411 g/mol. The van der Waals surface area contributed by atoms with Crippen molar-refractivity contribution in [3.05, 3.63) is 46.1 Å². The van der Waals surface area contributed by atoms with Gasteiger partial charge in [-0.15, -0.1) is 11.3 Å². The number of carbonyl (C=O) groups excluding carboxylic acids is 1. The van der Waals surface area contributed by atoms with Gasteiger partial charge in [0.1, 0.15) is 10.7 Å². The first kappa shape index (κ1) is 20.3. The van der Waals surface area contributed by atoms with Gasteiger partial charge in [0, 0.05) is 17.1 Å². The number of thiazole rings is 1. The third-order valence-corrected chi connectivity index (χ3v) is 4.90. The van der Waals surface area contributed by atoms with E-state index in [0.717, 1.165) is 10.6 Å². The number of amides is 1. The highest BCUT2D eigenvalue weighted by Gasteiger charge is 2.32. The Morgan fingerprint density at radius 3 is 2.57 bits per heavy atom. The van der Waals surface area contributed by atoms with E-state index in [1.807, 2.05) is 32.2 Å². The molecule has 1 aliphatic rings. The number of ether oxygens (including phenoxy) is 1. The van der Waals surface area contributed by atoms with Crippen molar-refractivity contribution in [2.75, 3.05) is 6.61 Å². The zero-order chi connectivity index (χ0) is 20.5. The molecule has 3 rings (SSSR count). The topological polar surface area (TPSA) is 64.1 Å². The first-order valence-electron chi connectivity index (χ1n) is 8.65. The number of nitrogens with zero attached hydrogens (tertiary/aromatic N) is 2. The highest BCUT2D eigenvalue weighted by molar-refractivity contribution is 7.09. The van der Waals surface area contributed by atoms with Crippen molar-refractivity contribution in [1.29, 1.82) is 0 Å². The number of nitrogens with one attached hydrogen (secondary N) is 1. The maximum absolute atomic E-state index is 12.8. The third-order valence-electron chi connectivity index (χ3n) is 4.06. The third kappa shape index (κ3) is 5.09. The van der Waals surface area contributed by atoms with Gasteiger partial charge in [0.05, 0.1) is 6.04 Å². The quantitative estimate of drug-likeness (QED) is 0.743. The minimum absolute atomic E-state index is 0.00650. The molecule has 0 aliphatic heterocycles. The van der Waals surface area contributed by atoms with Crippen LogP contribution < -0.4 is 10.1 Å². The fourth-order valence-electron chi connectivity index (χ4n) is 2.57. The summed E-state index contributed by atoms with van der Waals surface area (Å²) in [5.41, 5.74) is 1.01. The molecule has 0 radical (unpaired) electrons. The first-order valence-corrected chi connectivity index (χ1v) is 9.53. The summed E-state index contributed by atoms with van der Waals surface area (Å²) in [7, 11) is 0. The van der Waals surface area contributed by atoms with Crippen molar-refractivity contribution in [3.63, 3.8) is 0 Å². The summed E-state index contributed by atoms with van der Waals surface area (Å²) >= 11 is 1.42. The van der Waals surface area contributed by atoms with E-state index < -0.39 is 18.7 Å². The summed E-state index contributed by atoms with van der Waals surface area (Å²) in [5, 5.41) is 5.46. The molecule has 2 heterocycles. The van der Waals surface area contributed by atoms with E-state index in [9.17, 15) is 18.0 Å². The van der Waals surface area contributed by atoms with Gasteiger partial charge in [0.2, 0.25) is 5.88 Å². The van der Waals surface area contributed by atoms with E-state index in [2.05, 4.69) is 15.3 Å². The van der Waals surface area contributed by atoms with Gasteiger partial charge in [0.15, 0.2) is 6.61 Å². The lowest BCUT2D eigenvalue weighted by atomic mass is 9.87. The SMILES string of the molecule is CC(C)(C)C(NC(=O)c1ccc(C2=CC2)c(OCC(F)(F)F)n1)c1nccs1. The molecule has 1 N–H and O–H groups in total. The van der Waals surface area contributed by atoms with Crippen molar-refractivity contribution in [2.45, 2.75) is 39.4 Å². The highest BCUT2D eigenvalue weighted by Crippen LogP contribution is 2.37. The van der Waals surface area contributed by atoms with Gasteiger partial charge in [-0.05, 0) is 29.5 Å². The van der Waals surface area contributed by atoms with Gasteiger partial charge >= 0.3 is 6.18 Å². The predicted octanol–water partition coefficient (Wildman–Crippen LogP) is 4.78. The maximum atomic E-state index is 12.8. The van der Waals surface area contributed by atoms with E-state index in [-0.39, 0.29) is 23.0 Å². The number of allylic oxidation sites excluding steroid dienone is 2. The Labute approximate surface area is 164 Å².